The number of nitrogens with two attached hydrogens (primary N) is 1. The molecule has 0 unspecified atom stereocenters. The first-order chi connectivity index (χ1) is 11.6. The maximum Gasteiger partial charge on any atom is 0.434 e. The summed E-state index contributed by atoms with van der Waals surface area (Å²) in [5.74, 6) is -0.383. The first-order valence-corrected chi connectivity index (χ1v) is 7.73. The second-order valence-electron chi connectivity index (χ2n) is 5.00. The zero-order valence-electron chi connectivity index (χ0n) is 12.0. The number of anilines is 1. The van der Waals surface area contributed by atoms with Crippen LogP contribution in [0, 0.1) is 0 Å². The summed E-state index contributed by atoms with van der Waals surface area (Å²) in [6.45, 7) is -1.19. The van der Waals surface area contributed by atoms with Gasteiger partial charge in [0.25, 0.3) is 0 Å². The van der Waals surface area contributed by atoms with Crippen LogP contribution in [0.4, 0.5) is 23.4 Å². The van der Waals surface area contributed by atoms with Gasteiger partial charge in [-0.1, -0.05) is 34.8 Å². The highest BCUT2D eigenvalue weighted by Gasteiger charge is 2.37. The Morgan fingerprint density at radius 3 is 2.20 bits per heavy atom. The summed E-state index contributed by atoms with van der Waals surface area (Å²) in [6.07, 6.45) is -4.85. The van der Waals surface area contributed by atoms with Gasteiger partial charge in [-0.05, 0) is 18.2 Å². The lowest BCUT2D eigenvalue weighted by molar-refractivity contribution is -0.139. The lowest BCUT2D eigenvalue weighted by Crippen LogP contribution is -2.11. The van der Waals surface area contributed by atoms with E-state index in [1.54, 1.807) is 0 Å². The van der Waals surface area contributed by atoms with E-state index < -0.39 is 29.6 Å². The lowest BCUT2D eigenvalue weighted by Gasteiger charge is -2.10. The molecule has 0 aliphatic rings. The largest absolute Gasteiger partial charge is 0.434 e. The smallest absolute Gasteiger partial charge is 0.383 e. The van der Waals surface area contributed by atoms with E-state index in [4.69, 9.17) is 40.5 Å². The monoisotopic (exact) mass is 412 g/mol. The van der Waals surface area contributed by atoms with Gasteiger partial charge in [0.2, 0.25) is 0 Å². The van der Waals surface area contributed by atoms with Crippen LogP contribution < -0.4 is 5.73 Å². The van der Waals surface area contributed by atoms with E-state index >= 15 is 0 Å². The van der Waals surface area contributed by atoms with E-state index in [0.29, 0.717) is 0 Å². The molecule has 4 nitrogen and oxygen atoms in total. The molecule has 132 valence electrons. The van der Waals surface area contributed by atoms with Crippen molar-refractivity contribution in [3.63, 3.8) is 0 Å². The Balaban J connectivity index is 2.39. The van der Waals surface area contributed by atoms with E-state index in [1.807, 2.05) is 0 Å². The van der Waals surface area contributed by atoms with Gasteiger partial charge in [0, 0.05) is 5.02 Å². The number of halogens is 7. The summed E-state index contributed by atoms with van der Waals surface area (Å²) in [5.41, 5.74) is 3.97. The predicted molar refractivity (Wildman–Crippen MR) is 88.1 cm³/mol. The average Bonchev–Trinajstić information content (AvgIpc) is 2.81. The van der Waals surface area contributed by atoms with Crippen molar-refractivity contribution in [1.29, 1.82) is 0 Å². The minimum absolute atomic E-state index is 0.0317. The van der Waals surface area contributed by atoms with Crippen molar-refractivity contribution in [2.75, 3.05) is 5.73 Å². The molecule has 0 amide bonds. The van der Waals surface area contributed by atoms with Crippen molar-refractivity contribution in [1.82, 2.24) is 14.8 Å². The summed E-state index contributed by atoms with van der Waals surface area (Å²) < 4.78 is 53.7. The van der Waals surface area contributed by atoms with Gasteiger partial charge in [-0.3, -0.25) is 0 Å². The number of hydrogen-bond acceptors (Lipinski definition) is 3. The molecule has 0 bridgehead atoms. The number of benzene rings is 1. The van der Waals surface area contributed by atoms with Crippen molar-refractivity contribution in [2.45, 2.75) is 12.9 Å². The van der Waals surface area contributed by atoms with Crippen LogP contribution in [-0.4, -0.2) is 14.8 Å². The number of pyridine rings is 1. The standard InChI is InChI=1S/C14H7Cl3F4N4/c15-5-1-7(16)11(8(17)2-5)25-13(22)10-9(24-25)3-6(4-18)23-12(10)14(19,20)21/h1-3H,4,22H2. The highest BCUT2D eigenvalue weighted by atomic mass is 35.5. The van der Waals surface area contributed by atoms with Crippen molar-refractivity contribution >= 4 is 51.5 Å². The molecule has 0 saturated heterocycles. The second-order valence-corrected chi connectivity index (χ2v) is 6.25. The van der Waals surface area contributed by atoms with Crippen LogP contribution in [0.3, 0.4) is 0 Å². The van der Waals surface area contributed by atoms with Crippen LogP contribution >= 0.6 is 34.8 Å². The van der Waals surface area contributed by atoms with Crippen molar-refractivity contribution < 1.29 is 17.6 Å². The van der Waals surface area contributed by atoms with Crippen molar-refractivity contribution in [3.8, 4) is 5.69 Å². The molecule has 0 spiro atoms. The highest BCUT2D eigenvalue weighted by Crippen LogP contribution is 2.40. The number of fused-ring (bicyclic) bond motifs is 1. The third kappa shape index (κ3) is 3.09. The number of nitrogen functional groups attached to an aromatic ring is 1. The summed E-state index contributed by atoms with van der Waals surface area (Å²) in [7, 11) is 0. The van der Waals surface area contributed by atoms with Crippen LogP contribution in [-0.2, 0) is 12.9 Å². The Morgan fingerprint density at radius 1 is 1.08 bits per heavy atom. The third-order valence-electron chi connectivity index (χ3n) is 3.34. The molecule has 25 heavy (non-hydrogen) atoms. The normalized spacial score (nSPS) is 12.1. The Hall–Kier alpha value is -1.77. The molecule has 2 aromatic heterocycles. The SMILES string of the molecule is Nc1c2c(C(F)(F)F)nc(CF)cc2nn1-c1c(Cl)cc(Cl)cc1Cl. The average molecular weight is 414 g/mol. The van der Waals surface area contributed by atoms with Crippen LogP contribution in [0.5, 0.6) is 0 Å². The molecule has 0 aliphatic heterocycles. The Labute approximate surface area is 153 Å². The number of nitrogens with zero attached hydrogens (tertiary/aromatic N) is 3. The molecule has 3 rings (SSSR count). The summed E-state index contributed by atoms with van der Waals surface area (Å²) >= 11 is 18.0. The number of alkyl halides is 4. The minimum Gasteiger partial charge on any atom is -0.383 e. The number of rotatable bonds is 2. The fourth-order valence-corrected chi connectivity index (χ4v) is 3.34. The predicted octanol–water partition coefficient (Wildman–Crippen LogP) is 5.45. The van der Waals surface area contributed by atoms with E-state index in [1.165, 1.54) is 12.1 Å². The molecule has 3 aromatic rings. The summed E-state index contributed by atoms with van der Waals surface area (Å²) in [5, 5.41) is 3.82. The van der Waals surface area contributed by atoms with Crippen LogP contribution in [0.15, 0.2) is 18.2 Å². The second kappa shape index (κ2) is 6.19. The van der Waals surface area contributed by atoms with Crippen LogP contribution in [0.1, 0.15) is 11.4 Å². The minimum atomic E-state index is -4.85. The molecule has 0 atom stereocenters. The van der Waals surface area contributed by atoms with Gasteiger partial charge in [-0.2, -0.15) is 18.3 Å². The molecule has 1 aromatic carbocycles. The quantitative estimate of drug-likeness (QED) is 0.568. The molecule has 2 N–H and O–H groups in total. The van der Waals surface area contributed by atoms with Crippen molar-refractivity contribution in [3.05, 3.63) is 44.7 Å². The summed E-state index contributed by atoms with van der Waals surface area (Å²) in [4.78, 5) is 3.30. The van der Waals surface area contributed by atoms with E-state index in [0.717, 1.165) is 10.7 Å². The van der Waals surface area contributed by atoms with Gasteiger partial charge in [-0.15, -0.1) is 0 Å². The first kappa shape index (κ1) is 18.0. The molecule has 11 heteroatoms. The zero-order valence-corrected chi connectivity index (χ0v) is 14.3. The lowest BCUT2D eigenvalue weighted by atomic mass is 10.2. The fraction of sp³-hybridized carbons (Fsp3) is 0.143. The maximum absolute atomic E-state index is 13.3. The fourth-order valence-electron chi connectivity index (χ4n) is 2.36. The molecule has 2 heterocycles. The van der Waals surface area contributed by atoms with Gasteiger partial charge in [0.1, 0.15) is 18.2 Å². The summed E-state index contributed by atoms with van der Waals surface area (Å²) in [6, 6.07) is 3.76. The van der Waals surface area contributed by atoms with Gasteiger partial charge in [-0.25, -0.2) is 14.1 Å². The van der Waals surface area contributed by atoms with Gasteiger partial charge in [0.05, 0.1) is 26.6 Å². The van der Waals surface area contributed by atoms with Crippen molar-refractivity contribution in [2.24, 2.45) is 0 Å². The highest BCUT2D eigenvalue weighted by molar-refractivity contribution is 6.40. The van der Waals surface area contributed by atoms with Gasteiger partial charge >= 0.3 is 6.18 Å². The maximum atomic E-state index is 13.3. The third-order valence-corrected chi connectivity index (χ3v) is 4.14. The topological polar surface area (TPSA) is 56.7 Å². The molecule has 0 aliphatic carbocycles. The molecule has 0 saturated carbocycles. The zero-order chi connectivity index (χ0) is 18.5. The Kier molecular flexibility index (Phi) is 4.47. The van der Waals surface area contributed by atoms with E-state index in [2.05, 4.69) is 10.1 Å². The number of aromatic nitrogens is 3. The van der Waals surface area contributed by atoms with E-state index in [-0.39, 0.29) is 32.1 Å². The van der Waals surface area contributed by atoms with Gasteiger partial charge < -0.3 is 5.73 Å². The number of hydrogen-bond donors (Lipinski definition) is 1. The molecular weight excluding hydrogens is 407 g/mol. The first-order valence-electron chi connectivity index (χ1n) is 6.59. The van der Waals surface area contributed by atoms with Crippen LogP contribution in [0.25, 0.3) is 16.6 Å². The molecule has 0 fully saturated rings. The Morgan fingerprint density at radius 2 is 1.68 bits per heavy atom. The van der Waals surface area contributed by atoms with Gasteiger partial charge in [0.15, 0.2) is 5.69 Å². The molecule has 0 radical (unpaired) electrons. The Bertz CT molecular complexity index is 961. The van der Waals surface area contributed by atoms with E-state index in [9.17, 15) is 17.6 Å². The molecular formula is C14H7Cl3F4N4. The van der Waals surface area contributed by atoms with Crippen LogP contribution in [0.2, 0.25) is 15.1 Å².